The molecule has 0 fully saturated rings. The Labute approximate surface area is 103 Å². The predicted molar refractivity (Wildman–Crippen MR) is 59.5 cm³/mol. The molecule has 1 rings (SSSR count). The van der Waals surface area contributed by atoms with Crippen molar-refractivity contribution in [2.45, 2.75) is 19.9 Å². The third-order valence-electron chi connectivity index (χ3n) is 2.09. The molecule has 0 atom stereocenters. The highest BCUT2D eigenvalue weighted by Gasteiger charge is 2.11. The van der Waals surface area contributed by atoms with E-state index >= 15 is 0 Å². The van der Waals surface area contributed by atoms with Crippen LogP contribution in [0.15, 0.2) is 18.2 Å². The summed E-state index contributed by atoms with van der Waals surface area (Å²) in [6.07, 6.45) is -0.440. The second kappa shape index (κ2) is 6.68. The van der Waals surface area contributed by atoms with Gasteiger partial charge in [-0.15, -0.1) is 0 Å². The molecule has 0 aromatic heterocycles. The van der Waals surface area contributed by atoms with E-state index in [1.807, 2.05) is 0 Å². The lowest BCUT2D eigenvalue weighted by Crippen LogP contribution is -2.26. The van der Waals surface area contributed by atoms with E-state index in [1.165, 1.54) is 0 Å². The summed E-state index contributed by atoms with van der Waals surface area (Å²) in [5, 5.41) is 2.31. The number of esters is 1. The van der Waals surface area contributed by atoms with Crippen LogP contribution >= 0.6 is 0 Å². The van der Waals surface area contributed by atoms with Gasteiger partial charge in [0, 0.05) is 12.1 Å². The number of carbonyl (C=O) groups is 2. The van der Waals surface area contributed by atoms with Crippen molar-refractivity contribution >= 4 is 11.9 Å². The van der Waals surface area contributed by atoms with Gasteiger partial charge in [-0.2, -0.15) is 0 Å². The first kappa shape index (κ1) is 14.1. The van der Waals surface area contributed by atoms with Crippen molar-refractivity contribution in [2.75, 3.05) is 6.61 Å². The molecule has 0 radical (unpaired) electrons. The summed E-state index contributed by atoms with van der Waals surface area (Å²) >= 11 is 0. The zero-order chi connectivity index (χ0) is 13.5. The number of rotatable bonds is 5. The summed E-state index contributed by atoms with van der Waals surface area (Å²) in [4.78, 5) is 22.2. The topological polar surface area (TPSA) is 55.4 Å². The molecule has 4 nitrogen and oxygen atoms in total. The highest BCUT2D eigenvalue weighted by Crippen LogP contribution is 2.09. The fraction of sp³-hybridized carbons (Fsp3) is 0.333. The monoisotopic (exact) mass is 257 g/mol. The lowest BCUT2D eigenvalue weighted by atomic mass is 10.2. The molecule has 1 N–H and O–H groups in total. The maximum Gasteiger partial charge on any atom is 0.315 e. The number of ether oxygens (including phenoxy) is 1. The Kier molecular flexibility index (Phi) is 5.23. The van der Waals surface area contributed by atoms with Gasteiger partial charge in [0.25, 0.3) is 0 Å². The van der Waals surface area contributed by atoms with E-state index in [0.717, 1.165) is 18.2 Å². The van der Waals surface area contributed by atoms with E-state index < -0.39 is 29.9 Å². The number of carbonyl (C=O) groups excluding carboxylic acids is 2. The molecule has 0 unspecified atom stereocenters. The Morgan fingerprint density at radius 1 is 1.33 bits per heavy atom. The first-order valence-corrected chi connectivity index (χ1v) is 5.39. The number of amides is 1. The van der Waals surface area contributed by atoms with Crippen molar-refractivity contribution < 1.29 is 23.1 Å². The lowest BCUT2D eigenvalue weighted by molar-refractivity contribution is -0.146. The summed E-state index contributed by atoms with van der Waals surface area (Å²) in [6.45, 7) is 1.63. The Balaban J connectivity index is 2.47. The van der Waals surface area contributed by atoms with Crippen LogP contribution in [0.3, 0.4) is 0 Å². The van der Waals surface area contributed by atoms with E-state index in [2.05, 4.69) is 10.1 Å². The van der Waals surface area contributed by atoms with Gasteiger partial charge in [-0.3, -0.25) is 9.59 Å². The molecule has 0 aliphatic rings. The van der Waals surface area contributed by atoms with Crippen molar-refractivity contribution in [1.82, 2.24) is 5.32 Å². The largest absolute Gasteiger partial charge is 0.466 e. The fourth-order valence-corrected chi connectivity index (χ4v) is 1.28. The zero-order valence-corrected chi connectivity index (χ0v) is 9.83. The van der Waals surface area contributed by atoms with Crippen molar-refractivity contribution in [2.24, 2.45) is 0 Å². The van der Waals surface area contributed by atoms with Crippen LogP contribution in [0.2, 0.25) is 0 Å². The molecule has 0 bridgehead atoms. The Bertz CT molecular complexity index is 449. The SMILES string of the molecule is CCOC(=O)CC(=O)NCc1cc(F)ccc1F. The van der Waals surface area contributed by atoms with Crippen LogP contribution in [0.5, 0.6) is 0 Å². The first-order valence-electron chi connectivity index (χ1n) is 5.39. The molecule has 0 saturated carbocycles. The van der Waals surface area contributed by atoms with E-state index in [4.69, 9.17) is 0 Å². The van der Waals surface area contributed by atoms with E-state index in [9.17, 15) is 18.4 Å². The molecule has 0 aliphatic heterocycles. The molecule has 1 aromatic carbocycles. The predicted octanol–water partition coefficient (Wildman–Crippen LogP) is 1.53. The molecular formula is C12H13F2NO3. The first-order chi connectivity index (χ1) is 8.52. The van der Waals surface area contributed by atoms with Gasteiger partial charge in [0.2, 0.25) is 5.91 Å². The van der Waals surface area contributed by atoms with Crippen LogP contribution in [0, 0.1) is 11.6 Å². The lowest BCUT2D eigenvalue weighted by Gasteiger charge is -2.06. The minimum atomic E-state index is -0.658. The summed E-state index contributed by atoms with van der Waals surface area (Å²) in [5.74, 6) is -2.47. The van der Waals surface area contributed by atoms with Crippen molar-refractivity contribution in [3.05, 3.63) is 35.4 Å². The summed E-state index contributed by atoms with van der Waals surface area (Å²) in [7, 11) is 0. The maximum absolute atomic E-state index is 13.2. The maximum atomic E-state index is 13.2. The van der Waals surface area contributed by atoms with E-state index in [-0.39, 0.29) is 18.7 Å². The zero-order valence-electron chi connectivity index (χ0n) is 9.83. The summed E-state index contributed by atoms with van der Waals surface area (Å²) in [5.41, 5.74) is 0.0206. The van der Waals surface area contributed by atoms with Gasteiger partial charge in [0.15, 0.2) is 0 Å². The number of nitrogens with one attached hydrogen (secondary N) is 1. The molecule has 0 spiro atoms. The number of halogens is 2. The number of hydrogen-bond acceptors (Lipinski definition) is 3. The molecule has 18 heavy (non-hydrogen) atoms. The summed E-state index contributed by atoms with van der Waals surface area (Å²) < 4.78 is 30.6. The van der Waals surface area contributed by atoms with Crippen LogP contribution in [0.1, 0.15) is 18.9 Å². The standard InChI is InChI=1S/C12H13F2NO3/c1-2-18-12(17)6-11(16)15-7-8-5-9(13)3-4-10(8)14/h3-5H,2,6-7H2,1H3,(H,15,16). The van der Waals surface area contributed by atoms with Crippen molar-refractivity contribution in [3.63, 3.8) is 0 Å². The third kappa shape index (κ3) is 4.48. The van der Waals surface area contributed by atoms with Crippen molar-refractivity contribution in [3.8, 4) is 0 Å². The molecule has 1 amide bonds. The normalized spacial score (nSPS) is 9.94. The van der Waals surface area contributed by atoms with Crippen LogP contribution in [-0.2, 0) is 20.9 Å². The van der Waals surface area contributed by atoms with Crippen LogP contribution in [-0.4, -0.2) is 18.5 Å². The Hall–Kier alpha value is -1.98. The average Bonchev–Trinajstić information content (AvgIpc) is 2.30. The van der Waals surface area contributed by atoms with Gasteiger partial charge in [-0.05, 0) is 25.1 Å². The van der Waals surface area contributed by atoms with Gasteiger partial charge < -0.3 is 10.1 Å². The quantitative estimate of drug-likeness (QED) is 0.643. The minimum Gasteiger partial charge on any atom is -0.466 e. The average molecular weight is 257 g/mol. The van der Waals surface area contributed by atoms with E-state index in [0.29, 0.717) is 0 Å². The molecule has 1 aromatic rings. The number of hydrogen-bond donors (Lipinski definition) is 1. The fourth-order valence-electron chi connectivity index (χ4n) is 1.28. The Morgan fingerprint density at radius 3 is 2.72 bits per heavy atom. The van der Waals surface area contributed by atoms with Crippen molar-refractivity contribution in [1.29, 1.82) is 0 Å². The molecular weight excluding hydrogens is 244 g/mol. The molecule has 0 aliphatic carbocycles. The van der Waals surface area contributed by atoms with Gasteiger partial charge in [-0.1, -0.05) is 0 Å². The Morgan fingerprint density at radius 2 is 2.06 bits per heavy atom. The molecule has 0 heterocycles. The van der Waals surface area contributed by atoms with Crippen LogP contribution in [0.4, 0.5) is 8.78 Å². The molecule has 6 heteroatoms. The smallest absolute Gasteiger partial charge is 0.315 e. The number of benzene rings is 1. The van der Waals surface area contributed by atoms with Gasteiger partial charge in [0.1, 0.15) is 18.1 Å². The van der Waals surface area contributed by atoms with E-state index in [1.54, 1.807) is 6.92 Å². The minimum absolute atomic E-state index is 0.0206. The second-order valence-electron chi connectivity index (χ2n) is 3.49. The van der Waals surface area contributed by atoms with Crippen LogP contribution < -0.4 is 5.32 Å². The molecule has 98 valence electrons. The van der Waals surface area contributed by atoms with Gasteiger partial charge >= 0.3 is 5.97 Å². The van der Waals surface area contributed by atoms with Crippen LogP contribution in [0.25, 0.3) is 0 Å². The van der Waals surface area contributed by atoms with Gasteiger partial charge in [0.05, 0.1) is 6.61 Å². The molecule has 0 saturated heterocycles. The van der Waals surface area contributed by atoms with Gasteiger partial charge in [-0.25, -0.2) is 8.78 Å². The summed E-state index contributed by atoms with van der Waals surface area (Å²) in [6, 6.07) is 2.95. The highest BCUT2D eigenvalue weighted by atomic mass is 19.1. The second-order valence-corrected chi connectivity index (χ2v) is 3.49. The third-order valence-corrected chi connectivity index (χ3v) is 2.09. The highest BCUT2D eigenvalue weighted by molar-refractivity contribution is 5.94.